The van der Waals surface area contributed by atoms with Crippen molar-refractivity contribution in [1.82, 2.24) is 0 Å². The van der Waals surface area contributed by atoms with E-state index in [0.29, 0.717) is 11.8 Å². The van der Waals surface area contributed by atoms with Gasteiger partial charge in [0.1, 0.15) is 23.0 Å². The van der Waals surface area contributed by atoms with Gasteiger partial charge in [-0.25, -0.2) is 0 Å². The number of hydrogen-bond acceptors (Lipinski definition) is 4. The molecule has 2 unspecified atom stereocenters. The lowest BCUT2D eigenvalue weighted by molar-refractivity contribution is 0.422. The summed E-state index contributed by atoms with van der Waals surface area (Å²) in [5.41, 5.74) is 9.27. The number of rotatable bonds is 14. The van der Waals surface area contributed by atoms with Crippen molar-refractivity contribution < 1.29 is 20.4 Å². The quantitative estimate of drug-likeness (QED) is 0.118. The lowest BCUT2D eigenvalue weighted by atomic mass is 9.72. The van der Waals surface area contributed by atoms with E-state index in [9.17, 15) is 20.4 Å². The zero-order valence-electron chi connectivity index (χ0n) is 32.9. The minimum Gasteiger partial charge on any atom is -0.508 e. The van der Waals surface area contributed by atoms with Crippen LogP contribution in [0.15, 0.2) is 71.9 Å². The molecule has 0 bridgehead atoms. The molecule has 2 aromatic carbocycles. The molecule has 0 saturated heterocycles. The van der Waals surface area contributed by atoms with Gasteiger partial charge >= 0.3 is 0 Å². The molecule has 0 radical (unpaired) electrons. The molecule has 4 atom stereocenters. The van der Waals surface area contributed by atoms with Crippen molar-refractivity contribution in [2.24, 2.45) is 11.8 Å². The molecule has 2 aliphatic carbocycles. The van der Waals surface area contributed by atoms with E-state index in [1.165, 1.54) is 66.5 Å². The second kappa shape index (κ2) is 21.7. The molecule has 4 nitrogen and oxygen atoms in total. The van der Waals surface area contributed by atoms with Crippen molar-refractivity contribution in [1.29, 1.82) is 0 Å². The van der Waals surface area contributed by atoms with Crippen molar-refractivity contribution in [3.8, 4) is 23.0 Å². The molecule has 4 rings (SSSR count). The van der Waals surface area contributed by atoms with E-state index >= 15 is 0 Å². The fourth-order valence-electron chi connectivity index (χ4n) is 7.84. The number of aryl methyl sites for hydroxylation is 2. The van der Waals surface area contributed by atoms with Crippen molar-refractivity contribution >= 4 is 0 Å². The van der Waals surface area contributed by atoms with Crippen LogP contribution in [0.2, 0.25) is 0 Å². The van der Waals surface area contributed by atoms with Gasteiger partial charge in [0, 0.05) is 35.1 Å². The molecule has 278 valence electrons. The van der Waals surface area contributed by atoms with Gasteiger partial charge in [-0.1, -0.05) is 114 Å². The summed E-state index contributed by atoms with van der Waals surface area (Å²) < 4.78 is 0. The first-order valence-corrected chi connectivity index (χ1v) is 19.6. The highest BCUT2D eigenvalue weighted by molar-refractivity contribution is 5.51. The minimum atomic E-state index is 0.154. The highest BCUT2D eigenvalue weighted by Gasteiger charge is 2.31. The number of phenolic OH excluding ortho intramolecular Hbond substituents is 4. The summed E-state index contributed by atoms with van der Waals surface area (Å²) in [6, 6.07) is 6.65. The number of hydrogen-bond donors (Lipinski definition) is 4. The lowest BCUT2D eigenvalue weighted by Gasteiger charge is -2.32. The summed E-state index contributed by atoms with van der Waals surface area (Å²) in [7, 11) is 0. The molecular weight excluding hydrogens is 617 g/mol. The normalized spacial score (nSPS) is 20.0. The zero-order chi connectivity index (χ0) is 37.4. The first kappa shape index (κ1) is 42.8. The Labute approximate surface area is 305 Å². The molecular formula is C46H70O4. The number of allylic oxidation sites excluding steroid dienone is 6. The summed E-state index contributed by atoms with van der Waals surface area (Å²) in [4.78, 5) is 0. The molecule has 0 amide bonds. The van der Waals surface area contributed by atoms with E-state index in [0.717, 1.165) is 80.0 Å². The largest absolute Gasteiger partial charge is 0.508 e. The fourth-order valence-corrected chi connectivity index (χ4v) is 7.84. The summed E-state index contributed by atoms with van der Waals surface area (Å²) in [6.45, 7) is 25.3. The molecule has 2 aliphatic rings. The summed E-state index contributed by atoms with van der Waals surface area (Å²) in [5, 5.41) is 41.1. The maximum absolute atomic E-state index is 10.6. The van der Waals surface area contributed by atoms with Crippen molar-refractivity contribution in [2.45, 2.75) is 157 Å². The summed E-state index contributed by atoms with van der Waals surface area (Å²) in [5.74, 6) is 1.81. The molecule has 4 heteroatoms. The van der Waals surface area contributed by atoms with Gasteiger partial charge in [-0.05, 0) is 114 Å². The highest BCUT2D eigenvalue weighted by atomic mass is 16.3. The van der Waals surface area contributed by atoms with Crippen LogP contribution in [-0.4, -0.2) is 20.4 Å². The van der Waals surface area contributed by atoms with Crippen LogP contribution in [0.4, 0.5) is 0 Å². The third-order valence-electron chi connectivity index (χ3n) is 10.5. The predicted molar refractivity (Wildman–Crippen MR) is 215 cm³/mol. The van der Waals surface area contributed by atoms with Crippen LogP contribution in [0.25, 0.3) is 0 Å². The Morgan fingerprint density at radius 1 is 0.600 bits per heavy atom. The SMILES string of the molecule is C=C(C)C1CCC(C)=C[C@H]1c1c(O)cc(O)cc1CCCCC.C=C(C)C1CCC(C)=C[C@H]1c1c(O)cc(O)cc1CCCCCCC.CC. The maximum Gasteiger partial charge on any atom is 0.123 e. The van der Waals surface area contributed by atoms with E-state index < -0.39 is 0 Å². The standard InChI is InChI=1S/C23H34O2.C21H30O2.C2H6/c1-5-6-7-8-9-10-18-14-19(24)15-22(25)23(18)21-13-17(4)11-12-20(21)16(2)3;1-5-6-7-8-16-12-17(22)13-20(23)21(16)19-11-15(4)9-10-18(19)14(2)3;1-2/h13-15,20-21,24-25H,2,5-12H2,1,3-4H3;11-13,18-19,22-23H,2,5-10H2,1,3-4H3;1-2H3/t20?,21-;18?,19-;/m11./s1. The van der Waals surface area contributed by atoms with E-state index in [4.69, 9.17) is 0 Å². The van der Waals surface area contributed by atoms with Crippen LogP contribution in [0, 0.1) is 11.8 Å². The number of unbranched alkanes of at least 4 members (excludes halogenated alkanes) is 6. The summed E-state index contributed by atoms with van der Waals surface area (Å²) >= 11 is 0. The van der Waals surface area contributed by atoms with Crippen molar-refractivity contribution in [3.05, 3.63) is 94.1 Å². The smallest absolute Gasteiger partial charge is 0.123 e. The van der Waals surface area contributed by atoms with Gasteiger partial charge in [0.25, 0.3) is 0 Å². The van der Waals surface area contributed by atoms with Crippen LogP contribution in [0.3, 0.4) is 0 Å². The van der Waals surface area contributed by atoms with Crippen molar-refractivity contribution in [2.75, 3.05) is 0 Å². The fraction of sp³-hybridized carbons (Fsp3) is 0.565. The Kier molecular flexibility index (Phi) is 18.6. The minimum absolute atomic E-state index is 0.154. The average Bonchev–Trinajstić information content (AvgIpc) is 3.05. The van der Waals surface area contributed by atoms with Crippen LogP contribution in [-0.2, 0) is 12.8 Å². The second-order valence-corrected chi connectivity index (χ2v) is 14.8. The monoisotopic (exact) mass is 687 g/mol. The molecule has 0 saturated carbocycles. The number of phenols is 4. The second-order valence-electron chi connectivity index (χ2n) is 14.8. The Morgan fingerprint density at radius 2 is 0.960 bits per heavy atom. The molecule has 0 aromatic heterocycles. The van der Waals surface area contributed by atoms with E-state index in [1.54, 1.807) is 0 Å². The first-order valence-electron chi connectivity index (χ1n) is 19.6. The van der Waals surface area contributed by atoms with Gasteiger partial charge in [0.05, 0.1) is 0 Å². The lowest BCUT2D eigenvalue weighted by Crippen LogP contribution is -2.18. The van der Waals surface area contributed by atoms with E-state index in [1.807, 2.05) is 26.0 Å². The number of aromatic hydroxyl groups is 4. The van der Waals surface area contributed by atoms with Gasteiger partial charge in [0.2, 0.25) is 0 Å². The zero-order valence-corrected chi connectivity index (χ0v) is 32.9. The Balaban J connectivity index is 0.000000331. The van der Waals surface area contributed by atoms with Gasteiger partial charge in [-0.2, -0.15) is 0 Å². The predicted octanol–water partition coefficient (Wildman–Crippen LogP) is 13.5. The topological polar surface area (TPSA) is 80.9 Å². The number of benzene rings is 2. The Hall–Kier alpha value is -3.40. The molecule has 2 aromatic rings. The first-order chi connectivity index (χ1) is 23.9. The van der Waals surface area contributed by atoms with E-state index in [2.05, 4.69) is 66.9 Å². The van der Waals surface area contributed by atoms with Crippen LogP contribution >= 0.6 is 0 Å². The molecule has 0 heterocycles. The van der Waals surface area contributed by atoms with Crippen molar-refractivity contribution in [3.63, 3.8) is 0 Å². The third kappa shape index (κ3) is 12.4. The Bertz CT molecular complexity index is 1440. The molecule has 0 aliphatic heterocycles. The van der Waals surface area contributed by atoms with Crippen LogP contribution in [0.5, 0.6) is 23.0 Å². The van der Waals surface area contributed by atoms with Gasteiger partial charge in [-0.3, -0.25) is 0 Å². The molecule has 50 heavy (non-hydrogen) atoms. The Morgan fingerprint density at radius 3 is 1.34 bits per heavy atom. The molecule has 4 N–H and O–H groups in total. The average molecular weight is 687 g/mol. The maximum atomic E-state index is 10.6. The molecule has 0 fully saturated rings. The molecule has 0 spiro atoms. The van der Waals surface area contributed by atoms with E-state index in [-0.39, 0.29) is 34.8 Å². The van der Waals surface area contributed by atoms with Gasteiger partial charge in [-0.15, -0.1) is 0 Å². The van der Waals surface area contributed by atoms with Crippen LogP contribution in [0.1, 0.15) is 167 Å². The van der Waals surface area contributed by atoms with Gasteiger partial charge in [0.15, 0.2) is 0 Å². The third-order valence-corrected chi connectivity index (χ3v) is 10.5. The summed E-state index contributed by atoms with van der Waals surface area (Å²) in [6.07, 6.45) is 20.2. The van der Waals surface area contributed by atoms with Gasteiger partial charge < -0.3 is 20.4 Å². The highest BCUT2D eigenvalue weighted by Crippen LogP contribution is 2.47. The van der Waals surface area contributed by atoms with Crippen LogP contribution < -0.4 is 0 Å².